The highest BCUT2D eigenvalue weighted by molar-refractivity contribution is 5.75. The van der Waals surface area contributed by atoms with Crippen LogP contribution in [0.3, 0.4) is 0 Å². The Kier molecular flexibility index (Phi) is 7.54. The molecule has 0 saturated heterocycles. The van der Waals surface area contributed by atoms with Gasteiger partial charge in [-0.25, -0.2) is 0 Å². The summed E-state index contributed by atoms with van der Waals surface area (Å²) in [7, 11) is 1.63. The van der Waals surface area contributed by atoms with E-state index in [2.05, 4.69) is 10.6 Å². The number of hydrogen-bond donors (Lipinski definition) is 2. The maximum absolute atomic E-state index is 11.0. The van der Waals surface area contributed by atoms with E-state index in [0.29, 0.717) is 25.9 Å². The highest BCUT2D eigenvalue weighted by Crippen LogP contribution is 2.09. The number of carbonyl (C=O) groups is 2. The van der Waals surface area contributed by atoms with E-state index in [9.17, 15) is 9.59 Å². The molecule has 0 aromatic heterocycles. The summed E-state index contributed by atoms with van der Waals surface area (Å²) in [5, 5.41) is 5.30. The van der Waals surface area contributed by atoms with Gasteiger partial charge in [0.1, 0.15) is 0 Å². The third kappa shape index (κ3) is 8.68. The molecule has 1 atom stereocenters. The molecule has 5 nitrogen and oxygen atoms in total. The Labute approximate surface area is 103 Å². The van der Waals surface area contributed by atoms with Crippen LogP contribution in [0.15, 0.2) is 0 Å². The minimum Gasteiger partial charge on any atom is -0.378 e. The van der Waals surface area contributed by atoms with E-state index in [4.69, 9.17) is 4.74 Å². The van der Waals surface area contributed by atoms with Crippen LogP contribution in [0.4, 0.5) is 0 Å². The number of rotatable bonds is 9. The summed E-state index contributed by atoms with van der Waals surface area (Å²) < 4.78 is 5.58. The van der Waals surface area contributed by atoms with Gasteiger partial charge in [-0.1, -0.05) is 0 Å². The zero-order valence-corrected chi connectivity index (χ0v) is 11.2. The van der Waals surface area contributed by atoms with E-state index in [1.807, 2.05) is 20.8 Å². The number of ether oxygens (including phenoxy) is 1. The fraction of sp³-hybridized carbons (Fsp3) is 0.833. The van der Waals surface area contributed by atoms with E-state index in [-0.39, 0.29) is 17.6 Å². The molecule has 0 radical (unpaired) electrons. The second kappa shape index (κ2) is 8.06. The highest BCUT2D eigenvalue weighted by atomic mass is 16.5. The first-order chi connectivity index (χ1) is 7.91. The van der Waals surface area contributed by atoms with Gasteiger partial charge in [0.05, 0.1) is 6.10 Å². The quantitative estimate of drug-likeness (QED) is 0.590. The van der Waals surface area contributed by atoms with Crippen molar-refractivity contribution in [2.75, 3.05) is 13.7 Å². The minimum absolute atomic E-state index is 0.0309. The van der Waals surface area contributed by atoms with Crippen LogP contribution in [0.2, 0.25) is 0 Å². The minimum atomic E-state index is -0.248. The lowest BCUT2D eigenvalue weighted by molar-refractivity contribution is -0.121. The Hall–Kier alpha value is -1.10. The van der Waals surface area contributed by atoms with Gasteiger partial charge in [-0.3, -0.25) is 9.59 Å². The summed E-state index contributed by atoms with van der Waals surface area (Å²) in [6.07, 6.45) is 2.69. The molecule has 0 fully saturated rings. The molecule has 2 N–H and O–H groups in total. The van der Waals surface area contributed by atoms with Crippen molar-refractivity contribution in [3.8, 4) is 0 Å². The molecule has 100 valence electrons. The first-order valence-electron chi connectivity index (χ1n) is 5.95. The molecule has 0 rings (SSSR count). The van der Waals surface area contributed by atoms with Gasteiger partial charge in [0, 0.05) is 25.6 Å². The summed E-state index contributed by atoms with van der Waals surface area (Å²) in [4.78, 5) is 21.4. The fourth-order valence-corrected chi connectivity index (χ4v) is 1.29. The number of amides is 2. The summed E-state index contributed by atoms with van der Waals surface area (Å²) >= 11 is 0. The van der Waals surface area contributed by atoms with Crippen molar-refractivity contribution in [2.24, 2.45) is 0 Å². The number of hydrogen-bond acceptors (Lipinski definition) is 3. The molecule has 2 amide bonds. The second-order valence-corrected chi connectivity index (χ2v) is 4.79. The molecule has 0 aliphatic heterocycles. The van der Waals surface area contributed by atoms with Gasteiger partial charge in [-0.05, 0) is 33.6 Å². The van der Waals surface area contributed by atoms with Gasteiger partial charge >= 0.3 is 0 Å². The molecule has 1 unspecified atom stereocenters. The monoisotopic (exact) mass is 244 g/mol. The average Bonchev–Trinajstić information content (AvgIpc) is 2.25. The Balaban J connectivity index is 3.67. The van der Waals surface area contributed by atoms with Crippen LogP contribution in [0, 0.1) is 0 Å². The highest BCUT2D eigenvalue weighted by Gasteiger charge is 2.16. The summed E-state index contributed by atoms with van der Waals surface area (Å²) in [6, 6.07) is 0. The molecule has 0 spiro atoms. The maximum atomic E-state index is 11.0. The van der Waals surface area contributed by atoms with Gasteiger partial charge in [-0.2, -0.15) is 0 Å². The van der Waals surface area contributed by atoms with Crippen molar-refractivity contribution in [3.05, 3.63) is 0 Å². The van der Waals surface area contributed by atoms with Crippen LogP contribution in [-0.2, 0) is 14.3 Å². The molecule has 0 saturated carbocycles. The van der Waals surface area contributed by atoms with Gasteiger partial charge in [0.25, 0.3) is 0 Å². The van der Waals surface area contributed by atoms with Crippen LogP contribution in [0.1, 0.15) is 40.0 Å². The predicted molar refractivity (Wildman–Crippen MR) is 66.6 cm³/mol. The van der Waals surface area contributed by atoms with Crippen molar-refractivity contribution in [1.82, 2.24) is 10.6 Å². The Morgan fingerprint density at radius 2 is 2.12 bits per heavy atom. The lowest BCUT2D eigenvalue weighted by Crippen LogP contribution is -2.39. The van der Waals surface area contributed by atoms with Gasteiger partial charge in [0.2, 0.25) is 12.3 Å². The Bertz CT molecular complexity index is 242. The van der Waals surface area contributed by atoms with Crippen LogP contribution in [0.5, 0.6) is 0 Å². The van der Waals surface area contributed by atoms with Crippen molar-refractivity contribution in [1.29, 1.82) is 0 Å². The molecule has 0 aromatic carbocycles. The summed E-state index contributed by atoms with van der Waals surface area (Å²) in [5.41, 5.74) is -0.248. The van der Waals surface area contributed by atoms with Crippen molar-refractivity contribution in [3.63, 3.8) is 0 Å². The van der Waals surface area contributed by atoms with E-state index in [1.165, 1.54) is 0 Å². The summed E-state index contributed by atoms with van der Waals surface area (Å²) in [6.45, 7) is 6.41. The van der Waals surface area contributed by atoms with Gasteiger partial charge in [0.15, 0.2) is 0 Å². The SMILES string of the molecule is CNC(=O)CCC(C)OCCC(C)(C)NC=O. The lowest BCUT2D eigenvalue weighted by atomic mass is 10.0. The van der Waals surface area contributed by atoms with Crippen molar-refractivity contribution in [2.45, 2.75) is 51.7 Å². The van der Waals surface area contributed by atoms with E-state index < -0.39 is 0 Å². The van der Waals surface area contributed by atoms with Gasteiger partial charge < -0.3 is 15.4 Å². The van der Waals surface area contributed by atoms with Crippen LogP contribution < -0.4 is 10.6 Å². The molecule has 0 aromatic rings. The number of nitrogens with one attached hydrogen (secondary N) is 2. The third-order valence-corrected chi connectivity index (χ3v) is 2.64. The van der Waals surface area contributed by atoms with Crippen molar-refractivity contribution >= 4 is 12.3 Å². The van der Waals surface area contributed by atoms with E-state index >= 15 is 0 Å². The van der Waals surface area contributed by atoms with Crippen LogP contribution in [-0.4, -0.2) is 37.6 Å². The molecular formula is C12H24N2O3. The van der Waals surface area contributed by atoms with E-state index in [1.54, 1.807) is 7.05 Å². The summed E-state index contributed by atoms with van der Waals surface area (Å²) in [5.74, 6) is 0.0309. The first kappa shape index (κ1) is 15.9. The van der Waals surface area contributed by atoms with Crippen LogP contribution >= 0.6 is 0 Å². The smallest absolute Gasteiger partial charge is 0.219 e. The molecule has 0 aliphatic carbocycles. The van der Waals surface area contributed by atoms with Crippen molar-refractivity contribution < 1.29 is 14.3 Å². The fourth-order valence-electron chi connectivity index (χ4n) is 1.29. The third-order valence-electron chi connectivity index (χ3n) is 2.64. The first-order valence-corrected chi connectivity index (χ1v) is 5.95. The topological polar surface area (TPSA) is 67.4 Å². The molecular weight excluding hydrogens is 220 g/mol. The lowest BCUT2D eigenvalue weighted by Gasteiger charge is -2.24. The van der Waals surface area contributed by atoms with Crippen LogP contribution in [0.25, 0.3) is 0 Å². The van der Waals surface area contributed by atoms with E-state index in [0.717, 1.165) is 6.42 Å². The largest absolute Gasteiger partial charge is 0.378 e. The zero-order valence-electron chi connectivity index (χ0n) is 11.2. The predicted octanol–water partition coefficient (Wildman–Crippen LogP) is 0.832. The zero-order chi connectivity index (χ0) is 13.3. The number of carbonyl (C=O) groups excluding carboxylic acids is 2. The molecule has 17 heavy (non-hydrogen) atoms. The standard InChI is InChI=1S/C12H24N2O3/c1-10(5-6-11(16)13-4)17-8-7-12(2,3)14-9-15/h9-10H,5-8H2,1-4H3,(H,13,16)(H,14,15). The molecule has 5 heteroatoms. The van der Waals surface area contributed by atoms with Gasteiger partial charge in [-0.15, -0.1) is 0 Å². The molecule has 0 heterocycles. The maximum Gasteiger partial charge on any atom is 0.219 e. The Morgan fingerprint density at radius 3 is 2.65 bits per heavy atom. The average molecular weight is 244 g/mol. The normalized spacial score (nSPS) is 12.9. The molecule has 0 bridgehead atoms. The Morgan fingerprint density at radius 1 is 1.47 bits per heavy atom. The second-order valence-electron chi connectivity index (χ2n) is 4.79. The molecule has 0 aliphatic rings.